The summed E-state index contributed by atoms with van der Waals surface area (Å²) in [6.45, 7) is -0.265. The van der Waals surface area contributed by atoms with Gasteiger partial charge in [-0.1, -0.05) is 5.10 Å². The number of carbonyl (C=O) groups excluding carboxylic acids is 1. The number of carbonyl (C=O) groups is 2. The number of hydrogen-bond acceptors (Lipinski definition) is 6. The summed E-state index contributed by atoms with van der Waals surface area (Å²) >= 11 is 0. The van der Waals surface area contributed by atoms with E-state index in [1.54, 1.807) is 0 Å². The predicted molar refractivity (Wildman–Crippen MR) is 41.8 cm³/mol. The highest BCUT2D eigenvalue weighted by molar-refractivity contribution is 5.81. The van der Waals surface area contributed by atoms with E-state index in [0.29, 0.717) is 0 Å². The van der Waals surface area contributed by atoms with Crippen LogP contribution < -0.4 is 16.6 Å². The summed E-state index contributed by atoms with van der Waals surface area (Å²) < 4.78 is 0.955. The molecule has 2 amide bonds. The van der Waals surface area contributed by atoms with Gasteiger partial charge in [-0.25, -0.2) is 15.3 Å². The van der Waals surface area contributed by atoms with Crippen molar-refractivity contribution in [1.82, 2.24) is 25.6 Å². The zero-order valence-electron chi connectivity index (χ0n) is 6.84. The van der Waals surface area contributed by atoms with Crippen molar-refractivity contribution >= 4 is 17.9 Å². The van der Waals surface area contributed by atoms with Crippen LogP contribution >= 0.6 is 0 Å². The van der Waals surface area contributed by atoms with Gasteiger partial charge in [0.25, 0.3) is 11.9 Å². The molecule has 1 rings (SSSR count). The van der Waals surface area contributed by atoms with E-state index < -0.39 is 12.0 Å². The first kappa shape index (κ1) is 9.85. The average Bonchev–Trinajstić information content (AvgIpc) is 2.52. The minimum atomic E-state index is -1.32. The Kier molecular flexibility index (Phi) is 2.91. The third kappa shape index (κ3) is 2.38. The molecule has 1 aromatic rings. The van der Waals surface area contributed by atoms with E-state index in [9.17, 15) is 9.59 Å². The number of hydrogen-bond donors (Lipinski definition) is 4. The number of nitrogens with one attached hydrogen (secondary N) is 2. The number of amides is 2. The SMILES string of the molecule is NNC(=O)Cn1nnnc1NC(=O)O. The fraction of sp³-hybridized carbons (Fsp3) is 0.250. The highest BCUT2D eigenvalue weighted by Crippen LogP contribution is 1.97. The van der Waals surface area contributed by atoms with Crippen molar-refractivity contribution in [2.75, 3.05) is 5.32 Å². The molecular weight excluding hydrogens is 194 g/mol. The molecule has 0 fully saturated rings. The van der Waals surface area contributed by atoms with Gasteiger partial charge in [0.1, 0.15) is 6.54 Å². The maximum Gasteiger partial charge on any atom is 0.411 e. The lowest BCUT2D eigenvalue weighted by molar-refractivity contribution is -0.121. The largest absolute Gasteiger partial charge is 0.465 e. The van der Waals surface area contributed by atoms with Crippen LogP contribution in [0.25, 0.3) is 0 Å². The van der Waals surface area contributed by atoms with Gasteiger partial charge in [-0.3, -0.25) is 15.5 Å². The van der Waals surface area contributed by atoms with Crippen LogP contribution in [-0.4, -0.2) is 37.3 Å². The lowest BCUT2D eigenvalue weighted by atomic mass is 10.6. The van der Waals surface area contributed by atoms with Gasteiger partial charge < -0.3 is 5.11 Å². The quantitative estimate of drug-likeness (QED) is 0.245. The first-order chi connectivity index (χ1) is 6.63. The number of nitrogens with zero attached hydrogens (tertiary/aromatic N) is 4. The summed E-state index contributed by atoms with van der Waals surface area (Å²) in [4.78, 5) is 21.0. The van der Waals surface area contributed by atoms with E-state index in [2.05, 4.69) is 15.5 Å². The van der Waals surface area contributed by atoms with E-state index in [4.69, 9.17) is 10.9 Å². The zero-order valence-corrected chi connectivity index (χ0v) is 6.84. The summed E-state index contributed by atoms with van der Waals surface area (Å²) in [6, 6.07) is 0. The molecule has 1 heterocycles. The Bertz CT molecular complexity index is 346. The summed E-state index contributed by atoms with van der Waals surface area (Å²) in [6.07, 6.45) is -1.32. The van der Waals surface area contributed by atoms with Crippen molar-refractivity contribution in [1.29, 1.82) is 0 Å². The van der Waals surface area contributed by atoms with E-state index in [1.165, 1.54) is 0 Å². The van der Waals surface area contributed by atoms with Crippen molar-refractivity contribution in [3.05, 3.63) is 0 Å². The molecule has 0 radical (unpaired) electrons. The normalized spacial score (nSPS) is 9.50. The molecule has 0 unspecified atom stereocenters. The van der Waals surface area contributed by atoms with Gasteiger partial charge in [0.15, 0.2) is 0 Å². The highest BCUT2D eigenvalue weighted by atomic mass is 16.4. The molecule has 0 spiro atoms. The Balaban J connectivity index is 2.72. The molecule has 5 N–H and O–H groups in total. The van der Waals surface area contributed by atoms with Crippen LogP contribution in [0.15, 0.2) is 0 Å². The Labute approximate surface area is 77.0 Å². The predicted octanol–water partition coefficient (Wildman–Crippen LogP) is -2.25. The molecule has 0 atom stereocenters. The molecule has 0 saturated carbocycles. The van der Waals surface area contributed by atoms with Crippen LogP contribution in [0.5, 0.6) is 0 Å². The van der Waals surface area contributed by atoms with Gasteiger partial charge in [-0.05, 0) is 10.4 Å². The fourth-order valence-corrected chi connectivity index (χ4v) is 0.678. The van der Waals surface area contributed by atoms with Gasteiger partial charge in [-0.2, -0.15) is 0 Å². The van der Waals surface area contributed by atoms with E-state index in [0.717, 1.165) is 4.68 Å². The van der Waals surface area contributed by atoms with Gasteiger partial charge in [-0.15, -0.1) is 0 Å². The Morgan fingerprint density at radius 3 is 2.86 bits per heavy atom. The van der Waals surface area contributed by atoms with Crippen molar-refractivity contribution in [2.24, 2.45) is 5.84 Å². The van der Waals surface area contributed by atoms with Gasteiger partial charge >= 0.3 is 6.09 Å². The standard InChI is InChI=1S/C4H7N7O3/c5-7-2(12)1-11-3(6-4(13)14)8-9-10-11/h1,5H2,(H,7,12)(H,13,14)(H,6,8,10). The minimum Gasteiger partial charge on any atom is -0.465 e. The number of aromatic nitrogens is 4. The molecule has 0 aromatic carbocycles. The smallest absolute Gasteiger partial charge is 0.411 e. The zero-order chi connectivity index (χ0) is 10.6. The Morgan fingerprint density at radius 1 is 1.57 bits per heavy atom. The van der Waals surface area contributed by atoms with Crippen LogP contribution in [-0.2, 0) is 11.3 Å². The number of nitrogens with two attached hydrogens (primary N) is 1. The number of hydrazine groups is 1. The molecule has 10 heteroatoms. The first-order valence-corrected chi connectivity index (χ1v) is 3.39. The second-order valence-corrected chi connectivity index (χ2v) is 2.16. The van der Waals surface area contributed by atoms with Crippen LogP contribution in [0.4, 0.5) is 10.7 Å². The van der Waals surface area contributed by atoms with E-state index in [1.807, 2.05) is 10.7 Å². The Hall–Kier alpha value is -2.23. The summed E-state index contributed by atoms with van der Waals surface area (Å²) in [5.74, 6) is 4.12. The van der Waals surface area contributed by atoms with E-state index in [-0.39, 0.29) is 12.5 Å². The van der Waals surface area contributed by atoms with Crippen molar-refractivity contribution in [2.45, 2.75) is 6.54 Å². The molecule has 10 nitrogen and oxygen atoms in total. The number of anilines is 1. The molecule has 0 bridgehead atoms. The molecule has 0 aliphatic heterocycles. The maximum absolute atomic E-state index is 10.8. The lowest BCUT2D eigenvalue weighted by Gasteiger charge is -2.01. The third-order valence-corrected chi connectivity index (χ3v) is 1.20. The fourth-order valence-electron chi connectivity index (χ4n) is 0.678. The molecule has 14 heavy (non-hydrogen) atoms. The molecule has 1 aromatic heterocycles. The first-order valence-electron chi connectivity index (χ1n) is 3.39. The average molecular weight is 201 g/mol. The number of tetrazole rings is 1. The van der Waals surface area contributed by atoms with Crippen LogP contribution in [0.1, 0.15) is 0 Å². The third-order valence-electron chi connectivity index (χ3n) is 1.20. The van der Waals surface area contributed by atoms with Crippen molar-refractivity contribution in [3.63, 3.8) is 0 Å². The van der Waals surface area contributed by atoms with Gasteiger partial charge in [0.05, 0.1) is 0 Å². The van der Waals surface area contributed by atoms with Crippen LogP contribution in [0.2, 0.25) is 0 Å². The van der Waals surface area contributed by atoms with Crippen molar-refractivity contribution in [3.8, 4) is 0 Å². The molecule has 0 aliphatic rings. The van der Waals surface area contributed by atoms with Crippen molar-refractivity contribution < 1.29 is 14.7 Å². The number of carboxylic acid groups (broad SMARTS) is 1. The topological polar surface area (TPSA) is 148 Å². The minimum absolute atomic E-state index is 0.152. The van der Waals surface area contributed by atoms with Gasteiger partial charge in [0, 0.05) is 0 Å². The summed E-state index contributed by atoms with van der Waals surface area (Å²) in [5, 5.41) is 20.1. The molecule has 0 aliphatic carbocycles. The maximum atomic E-state index is 10.8. The lowest BCUT2D eigenvalue weighted by Crippen LogP contribution is -2.34. The van der Waals surface area contributed by atoms with E-state index >= 15 is 0 Å². The summed E-state index contributed by atoms with van der Waals surface area (Å²) in [5.41, 5.74) is 1.85. The molecule has 76 valence electrons. The van der Waals surface area contributed by atoms with Crippen LogP contribution in [0, 0.1) is 0 Å². The second kappa shape index (κ2) is 4.13. The Morgan fingerprint density at radius 2 is 2.29 bits per heavy atom. The molecule has 0 saturated heterocycles. The highest BCUT2D eigenvalue weighted by Gasteiger charge is 2.10. The summed E-state index contributed by atoms with van der Waals surface area (Å²) in [7, 11) is 0. The second-order valence-electron chi connectivity index (χ2n) is 2.16. The number of rotatable bonds is 3. The van der Waals surface area contributed by atoms with Gasteiger partial charge in [0.2, 0.25) is 0 Å². The molecular formula is C4H7N7O3. The monoisotopic (exact) mass is 201 g/mol. The van der Waals surface area contributed by atoms with Crippen LogP contribution in [0.3, 0.4) is 0 Å².